The van der Waals surface area contributed by atoms with Gasteiger partial charge in [0.25, 0.3) is 0 Å². The van der Waals surface area contributed by atoms with Gasteiger partial charge in [-0.2, -0.15) is 0 Å². The Hall–Kier alpha value is -0.340. The van der Waals surface area contributed by atoms with Crippen molar-refractivity contribution in [2.75, 3.05) is 7.05 Å². The van der Waals surface area contributed by atoms with Crippen LogP contribution >= 0.6 is 11.3 Å². The van der Waals surface area contributed by atoms with Crippen LogP contribution in [0.2, 0.25) is 0 Å². The maximum absolute atomic E-state index is 3.42. The molecular formula is C10H15NS. The Morgan fingerprint density at radius 1 is 1.58 bits per heavy atom. The summed E-state index contributed by atoms with van der Waals surface area (Å²) in [6.45, 7) is 2.37. The minimum Gasteiger partial charge on any atom is -0.312 e. The van der Waals surface area contributed by atoms with E-state index >= 15 is 0 Å². The molecule has 1 fully saturated rings. The maximum Gasteiger partial charge on any atom is 0.0466 e. The molecule has 1 unspecified atom stereocenters. The fraction of sp³-hybridized carbons (Fsp3) is 0.600. The Morgan fingerprint density at radius 2 is 2.33 bits per heavy atom. The van der Waals surface area contributed by atoms with E-state index in [9.17, 15) is 0 Å². The predicted molar refractivity (Wildman–Crippen MR) is 53.5 cm³/mol. The highest BCUT2D eigenvalue weighted by atomic mass is 32.1. The second-order valence-corrected chi connectivity index (χ2v) is 4.87. The molecule has 1 aliphatic carbocycles. The average molecular weight is 181 g/mol. The molecular weight excluding hydrogens is 166 g/mol. The van der Waals surface area contributed by atoms with Crippen molar-refractivity contribution < 1.29 is 0 Å². The predicted octanol–water partition coefficient (Wildman–Crippen LogP) is 2.81. The van der Waals surface area contributed by atoms with Crippen molar-refractivity contribution in [3.8, 4) is 0 Å². The van der Waals surface area contributed by atoms with Gasteiger partial charge in [-0.15, -0.1) is 11.3 Å². The van der Waals surface area contributed by atoms with Crippen LogP contribution in [-0.4, -0.2) is 7.05 Å². The first-order valence-electron chi connectivity index (χ1n) is 4.47. The number of rotatable bonds is 3. The fourth-order valence-corrected chi connectivity index (χ4v) is 2.79. The molecule has 1 atom stereocenters. The number of thiophene rings is 1. The van der Waals surface area contributed by atoms with Crippen molar-refractivity contribution in [1.82, 2.24) is 5.32 Å². The SMILES string of the molecule is CNC(c1cccs1)C1(C)CC1. The Kier molecular flexibility index (Phi) is 1.97. The molecule has 0 aromatic carbocycles. The van der Waals surface area contributed by atoms with Crippen LogP contribution < -0.4 is 5.32 Å². The van der Waals surface area contributed by atoms with Crippen LogP contribution in [0.1, 0.15) is 30.7 Å². The molecule has 1 heterocycles. The van der Waals surface area contributed by atoms with Gasteiger partial charge in [0.15, 0.2) is 0 Å². The summed E-state index contributed by atoms with van der Waals surface area (Å²) in [5.41, 5.74) is 0.541. The van der Waals surface area contributed by atoms with E-state index in [1.807, 2.05) is 11.3 Å². The van der Waals surface area contributed by atoms with Crippen molar-refractivity contribution >= 4 is 11.3 Å². The lowest BCUT2D eigenvalue weighted by molar-refractivity contribution is 0.396. The summed E-state index contributed by atoms with van der Waals surface area (Å²) in [4.78, 5) is 1.48. The summed E-state index contributed by atoms with van der Waals surface area (Å²) in [7, 11) is 2.06. The van der Waals surface area contributed by atoms with Crippen LogP contribution in [0.4, 0.5) is 0 Å². The van der Waals surface area contributed by atoms with E-state index in [4.69, 9.17) is 0 Å². The van der Waals surface area contributed by atoms with Crippen molar-refractivity contribution in [1.29, 1.82) is 0 Å². The van der Waals surface area contributed by atoms with E-state index < -0.39 is 0 Å². The van der Waals surface area contributed by atoms with Gasteiger partial charge in [-0.1, -0.05) is 13.0 Å². The second kappa shape index (κ2) is 2.86. The monoisotopic (exact) mass is 181 g/mol. The third kappa shape index (κ3) is 1.29. The molecule has 0 spiro atoms. The molecule has 2 rings (SSSR count). The van der Waals surface area contributed by atoms with E-state index in [0.717, 1.165) is 0 Å². The Balaban J connectivity index is 2.19. The summed E-state index contributed by atoms with van der Waals surface area (Å²) in [5.74, 6) is 0. The molecule has 1 saturated carbocycles. The molecule has 1 aromatic rings. The molecule has 1 nitrogen and oxygen atoms in total. The first kappa shape index (κ1) is 8.27. The van der Waals surface area contributed by atoms with Gasteiger partial charge in [0.1, 0.15) is 0 Å². The Morgan fingerprint density at radius 3 is 2.75 bits per heavy atom. The maximum atomic E-state index is 3.42. The topological polar surface area (TPSA) is 12.0 Å². The minimum absolute atomic E-state index is 0.541. The first-order valence-corrected chi connectivity index (χ1v) is 5.35. The summed E-state index contributed by atoms with van der Waals surface area (Å²) in [5, 5.41) is 5.58. The van der Waals surface area contributed by atoms with Gasteiger partial charge in [0.05, 0.1) is 0 Å². The van der Waals surface area contributed by atoms with Crippen molar-refractivity contribution in [2.45, 2.75) is 25.8 Å². The van der Waals surface area contributed by atoms with E-state index in [-0.39, 0.29) is 0 Å². The highest BCUT2D eigenvalue weighted by Gasteiger charge is 2.45. The fourth-order valence-electron chi connectivity index (χ4n) is 1.78. The molecule has 0 bridgehead atoms. The lowest BCUT2D eigenvalue weighted by Crippen LogP contribution is -2.23. The third-order valence-electron chi connectivity index (χ3n) is 2.85. The molecule has 0 amide bonds. The quantitative estimate of drug-likeness (QED) is 0.756. The summed E-state index contributed by atoms with van der Waals surface area (Å²) in [6.07, 6.45) is 2.74. The van der Waals surface area contributed by atoms with Gasteiger partial charge in [-0.25, -0.2) is 0 Å². The number of hydrogen-bond acceptors (Lipinski definition) is 2. The summed E-state index contributed by atoms with van der Waals surface area (Å²) in [6, 6.07) is 4.95. The van der Waals surface area contributed by atoms with Gasteiger partial charge < -0.3 is 5.32 Å². The van der Waals surface area contributed by atoms with Crippen molar-refractivity contribution in [3.63, 3.8) is 0 Å². The molecule has 2 heteroatoms. The molecule has 12 heavy (non-hydrogen) atoms. The highest BCUT2D eigenvalue weighted by Crippen LogP contribution is 2.54. The number of hydrogen-bond donors (Lipinski definition) is 1. The second-order valence-electron chi connectivity index (χ2n) is 3.89. The molecule has 66 valence electrons. The van der Waals surface area contributed by atoms with E-state index in [0.29, 0.717) is 11.5 Å². The van der Waals surface area contributed by atoms with Crippen LogP contribution in [-0.2, 0) is 0 Å². The zero-order valence-corrected chi connectivity index (χ0v) is 8.45. The molecule has 1 N–H and O–H groups in total. The standard InChI is InChI=1S/C10H15NS/c1-10(5-6-10)9(11-2)8-4-3-7-12-8/h3-4,7,9,11H,5-6H2,1-2H3. The van der Waals surface area contributed by atoms with Crippen LogP contribution in [0.15, 0.2) is 17.5 Å². The smallest absolute Gasteiger partial charge is 0.0466 e. The summed E-state index contributed by atoms with van der Waals surface area (Å²) < 4.78 is 0. The molecule has 1 aromatic heterocycles. The molecule has 0 aliphatic heterocycles. The largest absolute Gasteiger partial charge is 0.312 e. The van der Waals surface area contributed by atoms with Gasteiger partial charge in [-0.05, 0) is 36.8 Å². The van der Waals surface area contributed by atoms with E-state index in [1.54, 1.807) is 0 Å². The van der Waals surface area contributed by atoms with Crippen molar-refractivity contribution in [3.05, 3.63) is 22.4 Å². The van der Waals surface area contributed by atoms with Crippen LogP contribution in [0, 0.1) is 5.41 Å². The Bertz CT molecular complexity index is 249. The van der Waals surface area contributed by atoms with Gasteiger partial charge in [-0.3, -0.25) is 0 Å². The minimum atomic E-state index is 0.541. The zero-order valence-electron chi connectivity index (χ0n) is 7.63. The van der Waals surface area contributed by atoms with Crippen LogP contribution in [0.3, 0.4) is 0 Å². The normalized spacial score (nSPS) is 22.2. The first-order chi connectivity index (χ1) is 5.76. The van der Waals surface area contributed by atoms with Gasteiger partial charge >= 0.3 is 0 Å². The van der Waals surface area contributed by atoms with E-state index in [2.05, 4.69) is 36.8 Å². The summed E-state index contributed by atoms with van der Waals surface area (Å²) >= 11 is 1.86. The third-order valence-corrected chi connectivity index (χ3v) is 3.79. The lowest BCUT2D eigenvalue weighted by atomic mass is 9.98. The van der Waals surface area contributed by atoms with Crippen LogP contribution in [0.25, 0.3) is 0 Å². The lowest BCUT2D eigenvalue weighted by Gasteiger charge is -2.21. The zero-order chi connectivity index (χ0) is 8.60. The number of nitrogens with one attached hydrogen (secondary N) is 1. The molecule has 0 radical (unpaired) electrons. The van der Waals surface area contributed by atoms with Gasteiger partial charge in [0.2, 0.25) is 0 Å². The van der Waals surface area contributed by atoms with E-state index in [1.165, 1.54) is 17.7 Å². The average Bonchev–Trinajstić information content (AvgIpc) is 2.63. The molecule has 0 saturated heterocycles. The Labute approximate surface area is 77.8 Å². The van der Waals surface area contributed by atoms with Gasteiger partial charge in [0, 0.05) is 10.9 Å². The highest BCUT2D eigenvalue weighted by molar-refractivity contribution is 7.10. The van der Waals surface area contributed by atoms with Crippen molar-refractivity contribution in [2.24, 2.45) is 5.41 Å². The molecule has 1 aliphatic rings. The van der Waals surface area contributed by atoms with Crippen LogP contribution in [0.5, 0.6) is 0 Å².